The summed E-state index contributed by atoms with van der Waals surface area (Å²) in [6.07, 6.45) is 3.89. The minimum atomic E-state index is -0.541. The summed E-state index contributed by atoms with van der Waals surface area (Å²) < 4.78 is 5.20. The number of anilines is 2. The van der Waals surface area contributed by atoms with E-state index in [-0.39, 0.29) is 12.1 Å². The maximum atomic E-state index is 12.1. The van der Waals surface area contributed by atoms with Gasteiger partial charge in [-0.2, -0.15) is 0 Å². The topological polar surface area (TPSA) is 79.5 Å². The Bertz CT molecular complexity index is 585. The summed E-state index contributed by atoms with van der Waals surface area (Å²) in [6.45, 7) is 7.69. The van der Waals surface area contributed by atoms with Crippen molar-refractivity contribution in [3.8, 4) is 0 Å². The first-order valence-electron chi connectivity index (χ1n) is 8.89. The Morgan fingerprint density at radius 1 is 0.960 bits per heavy atom. The van der Waals surface area contributed by atoms with E-state index in [1.54, 1.807) is 24.3 Å². The van der Waals surface area contributed by atoms with E-state index >= 15 is 0 Å². The number of hydrogen-bond donors (Lipinski definition) is 3. The molecule has 6 heteroatoms. The maximum Gasteiger partial charge on any atom is 0.412 e. The van der Waals surface area contributed by atoms with Crippen LogP contribution in [0.4, 0.5) is 21.0 Å². The lowest BCUT2D eigenvalue weighted by Gasteiger charge is -2.26. The van der Waals surface area contributed by atoms with Crippen LogP contribution in [-0.4, -0.2) is 23.8 Å². The van der Waals surface area contributed by atoms with Crippen LogP contribution in [0.5, 0.6) is 0 Å². The minimum absolute atomic E-state index is 0.188. The molecule has 1 saturated carbocycles. The lowest BCUT2D eigenvalue weighted by atomic mass is 9.87. The molecule has 1 aliphatic rings. The van der Waals surface area contributed by atoms with Gasteiger partial charge in [0.15, 0.2) is 0 Å². The number of ether oxygens (including phenoxy) is 1. The number of urea groups is 1. The summed E-state index contributed by atoms with van der Waals surface area (Å²) in [5, 5.41) is 8.51. The number of hydrogen-bond acceptors (Lipinski definition) is 3. The molecule has 0 atom stereocenters. The van der Waals surface area contributed by atoms with Gasteiger partial charge in [-0.15, -0.1) is 0 Å². The number of amides is 3. The van der Waals surface area contributed by atoms with Crippen molar-refractivity contribution in [2.24, 2.45) is 5.92 Å². The van der Waals surface area contributed by atoms with Crippen molar-refractivity contribution in [3.63, 3.8) is 0 Å². The molecule has 0 saturated heterocycles. The van der Waals surface area contributed by atoms with Crippen LogP contribution in [0.2, 0.25) is 0 Å². The standard InChI is InChI=1S/C19H29N3O3/c1-13-5-7-14(8-6-13)20-17(23)21-15-9-11-16(12-10-15)22-18(24)25-19(2,3)4/h9-14H,5-8H2,1-4H3,(H,22,24)(H2,20,21,23). The van der Waals surface area contributed by atoms with Crippen LogP contribution in [0.25, 0.3) is 0 Å². The van der Waals surface area contributed by atoms with E-state index in [0.717, 1.165) is 31.6 Å². The highest BCUT2D eigenvalue weighted by atomic mass is 16.6. The van der Waals surface area contributed by atoms with Crippen LogP contribution >= 0.6 is 0 Å². The summed E-state index contributed by atoms with van der Waals surface area (Å²) in [6, 6.07) is 7.00. The lowest BCUT2D eigenvalue weighted by Crippen LogP contribution is -2.39. The predicted octanol–water partition coefficient (Wildman–Crippen LogP) is 4.73. The van der Waals surface area contributed by atoms with Crippen molar-refractivity contribution < 1.29 is 14.3 Å². The fourth-order valence-corrected chi connectivity index (χ4v) is 2.82. The molecular weight excluding hydrogens is 318 g/mol. The minimum Gasteiger partial charge on any atom is -0.444 e. The van der Waals surface area contributed by atoms with Gasteiger partial charge >= 0.3 is 12.1 Å². The van der Waals surface area contributed by atoms with Crippen molar-refractivity contribution >= 4 is 23.5 Å². The molecule has 3 N–H and O–H groups in total. The molecule has 0 heterocycles. The van der Waals surface area contributed by atoms with Crippen LogP contribution < -0.4 is 16.0 Å². The fraction of sp³-hybridized carbons (Fsp3) is 0.579. The average Bonchev–Trinajstić information content (AvgIpc) is 2.49. The number of carbonyl (C=O) groups is 2. The molecule has 0 aliphatic heterocycles. The Hall–Kier alpha value is -2.24. The van der Waals surface area contributed by atoms with Crippen molar-refractivity contribution in [2.45, 2.75) is 65.0 Å². The Morgan fingerprint density at radius 3 is 2.00 bits per heavy atom. The Kier molecular flexibility index (Phi) is 6.28. The molecule has 6 nitrogen and oxygen atoms in total. The zero-order chi connectivity index (χ0) is 18.4. The summed E-state index contributed by atoms with van der Waals surface area (Å²) in [5.74, 6) is 0.756. The zero-order valence-electron chi connectivity index (χ0n) is 15.5. The normalized spacial score (nSPS) is 20.5. The van der Waals surface area contributed by atoms with E-state index < -0.39 is 11.7 Å². The van der Waals surface area contributed by atoms with Crippen LogP contribution in [0.3, 0.4) is 0 Å². The molecule has 0 unspecified atom stereocenters. The second-order valence-corrected chi connectivity index (χ2v) is 7.76. The first-order chi connectivity index (χ1) is 11.7. The second-order valence-electron chi connectivity index (χ2n) is 7.76. The predicted molar refractivity (Wildman–Crippen MR) is 99.9 cm³/mol. The third kappa shape index (κ3) is 7.03. The molecule has 0 radical (unpaired) electrons. The van der Waals surface area contributed by atoms with Crippen LogP contribution in [-0.2, 0) is 4.74 Å². The van der Waals surface area contributed by atoms with Crippen molar-refractivity contribution in [2.75, 3.05) is 10.6 Å². The number of benzene rings is 1. The van der Waals surface area contributed by atoms with Crippen LogP contribution in [0, 0.1) is 5.92 Å². The third-order valence-electron chi connectivity index (χ3n) is 4.14. The Morgan fingerprint density at radius 2 is 1.48 bits per heavy atom. The van der Waals surface area contributed by atoms with Gasteiger partial charge in [0, 0.05) is 17.4 Å². The van der Waals surface area contributed by atoms with Crippen molar-refractivity contribution in [1.82, 2.24) is 5.32 Å². The lowest BCUT2D eigenvalue weighted by molar-refractivity contribution is 0.0636. The van der Waals surface area contributed by atoms with E-state index in [1.165, 1.54) is 0 Å². The number of nitrogens with one attached hydrogen (secondary N) is 3. The highest BCUT2D eigenvalue weighted by Crippen LogP contribution is 2.23. The SMILES string of the molecule is CC1CCC(NC(=O)Nc2ccc(NC(=O)OC(C)(C)C)cc2)CC1. The van der Waals surface area contributed by atoms with Gasteiger partial charge < -0.3 is 15.4 Å². The largest absolute Gasteiger partial charge is 0.444 e. The van der Waals surface area contributed by atoms with Gasteiger partial charge in [-0.25, -0.2) is 9.59 Å². The monoisotopic (exact) mass is 347 g/mol. The van der Waals surface area contributed by atoms with Crippen molar-refractivity contribution in [3.05, 3.63) is 24.3 Å². The molecule has 25 heavy (non-hydrogen) atoms. The maximum absolute atomic E-state index is 12.1. The molecule has 0 aromatic heterocycles. The van der Waals surface area contributed by atoms with Crippen LogP contribution in [0.1, 0.15) is 53.4 Å². The van der Waals surface area contributed by atoms with E-state index in [9.17, 15) is 9.59 Å². The molecule has 0 bridgehead atoms. The van der Waals surface area contributed by atoms with Crippen molar-refractivity contribution in [1.29, 1.82) is 0 Å². The Labute approximate surface area is 149 Å². The highest BCUT2D eigenvalue weighted by Gasteiger charge is 2.20. The molecular formula is C19H29N3O3. The molecule has 1 fully saturated rings. The quantitative estimate of drug-likeness (QED) is 0.739. The molecule has 1 aromatic rings. The Balaban J connectivity index is 1.79. The van der Waals surface area contributed by atoms with Crippen LogP contribution in [0.15, 0.2) is 24.3 Å². The van der Waals surface area contributed by atoms with Gasteiger partial charge in [0.2, 0.25) is 0 Å². The molecule has 0 spiro atoms. The van der Waals surface area contributed by atoms with Gasteiger partial charge in [0.25, 0.3) is 0 Å². The average molecular weight is 347 g/mol. The smallest absolute Gasteiger partial charge is 0.412 e. The van der Waals surface area contributed by atoms with E-state index in [0.29, 0.717) is 11.4 Å². The summed E-state index contributed by atoms with van der Waals surface area (Å²) >= 11 is 0. The third-order valence-corrected chi connectivity index (χ3v) is 4.14. The van der Waals surface area contributed by atoms with Gasteiger partial charge in [0.1, 0.15) is 5.60 Å². The van der Waals surface area contributed by atoms with Gasteiger partial charge in [-0.3, -0.25) is 5.32 Å². The zero-order valence-corrected chi connectivity index (χ0v) is 15.5. The second kappa shape index (κ2) is 8.23. The summed E-state index contributed by atoms with van der Waals surface area (Å²) in [5.41, 5.74) is 0.749. The molecule has 1 aliphatic carbocycles. The summed E-state index contributed by atoms with van der Waals surface area (Å²) in [4.78, 5) is 23.8. The molecule has 2 rings (SSSR count). The van der Waals surface area contributed by atoms with E-state index in [2.05, 4.69) is 22.9 Å². The first kappa shape index (κ1) is 19.1. The van der Waals surface area contributed by atoms with Gasteiger partial charge in [-0.1, -0.05) is 6.92 Å². The fourth-order valence-electron chi connectivity index (χ4n) is 2.82. The molecule has 1 aromatic carbocycles. The van der Waals surface area contributed by atoms with Gasteiger partial charge in [-0.05, 0) is 76.6 Å². The number of rotatable bonds is 3. The molecule has 138 valence electrons. The first-order valence-corrected chi connectivity index (χ1v) is 8.89. The highest BCUT2D eigenvalue weighted by molar-refractivity contribution is 5.90. The van der Waals surface area contributed by atoms with E-state index in [4.69, 9.17) is 4.74 Å². The van der Waals surface area contributed by atoms with E-state index in [1.807, 2.05) is 20.8 Å². The summed E-state index contributed by atoms with van der Waals surface area (Å²) in [7, 11) is 0. The number of carbonyl (C=O) groups excluding carboxylic acids is 2. The molecule has 3 amide bonds. The van der Waals surface area contributed by atoms with Gasteiger partial charge in [0.05, 0.1) is 0 Å².